The highest BCUT2D eigenvalue weighted by molar-refractivity contribution is 7.92. The highest BCUT2D eigenvalue weighted by Gasteiger charge is 2.19. The molecule has 0 amide bonds. The number of ether oxygens (including phenoxy) is 2. The van der Waals surface area contributed by atoms with E-state index in [0.29, 0.717) is 16.5 Å². The Bertz CT molecular complexity index is 972. The van der Waals surface area contributed by atoms with Crippen LogP contribution in [0, 0.1) is 0 Å². The van der Waals surface area contributed by atoms with Crippen molar-refractivity contribution in [3.8, 4) is 22.1 Å². The van der Waals surface area contributed by atoms with Gasteiger partial charge in [0.15, 0.2) is 11.5 Å². The van der Waals surface area contributed by atoms with Crippen molar-refractivity contribution in [2.45, 2.75) is 4.90 Å². The third-order valence-corrected chi connectivity index (χ3v) is 5.43. The van der Waals surface area contributed by atoms with Crippen molar-refractivity contribution in [2.24, 2.45) is 0 Å². The van der Waals surface area contributed by atoms with Gasteiger partial charge in [0.1, 0.15) is 5.01 Å². The molecule has 3 rings (SSSR count). The van der Waals surface area contributed by atoms with E-state index in [-0.39, 0.29) is 10.8 Å². The van der Waals surface area contributed by atoms with Gasteiger partial charge in [0.05, 0.1) is 19.1 Å². The number of hydrogen-bond acceptors (Lipinski definition) is 7. The minimum absolute atomic E-state index is 0.0265. The summed E-state index contributed by atoms with van der Waals surface area (Å²) in [5.74, 6) is 0.792. The zero-order valence-corrected chi connectivity index (χ0v) is 15.1. The van der Waals surface area contributed by atoms with Gasteiger partial charge in [-0.1, -0.05) is 30.3 Å². The van der Waals surface area contributed by atoms with Crippen LogP contribution < -0.4 is 14.2 Å². The highest BCUT2D eigenvalue weighted by atomic mass is 32.2. The lowest BCUT2D eigenvalue weighted by Gasteiger charge is -2.10. The molecule has 1 N–H and O–H groups in total. The van der Waals surface area contributed by atoms with Crippen LogP contribution in [0.25, 0.3) is 10.6 Å². The van der Waals surface area contributed by atoms with E-state index in [1.54, 1.807) is 0 Å². The molecule has 0 aliphatic rings. The summed E-state index contributed by atoms with van der Waals surface area (Å²) in [7, 11) is -0.923. The predicted molar refractivity (Wildman–Crippen MR) is 95.7 cm³/mol. The van der Waals surface area contributed by atoms with Gasteiger partial charge in [-0.2, -0.15) is 9.36 Å². The maximum atomic E-state index is 12.5. The first-order valence-corrected chi connectivity index (χ1v) is 9.43. The van der Waals surface area contributed by atoms with Crippen LogP contribution in [-0.4, -0.2) is 32.0 Å². The van der Waals surface area contributed by atoms with Crippen LogP contribution in [0.1, 0.15) is 0 Å². The average molecular weight is 377 g/mol. The molecule has 7 nitrogen and oxygen atoms in total. The highest BCUT2D eigenvalue weighted by Crippen LogP contribution is 2.30. The second-order valence-electron chi connectivity index (χ2n) is 4.91. The van der Waals surface area contributed by atoms with Gasteiger partial charge in [0, 0.05) is 11.6 Å². The fraction of sp³-hybridized carbons (Fsp3) is 0.125. The van der Waals surface area contributed by atoms with E-state index in [1.807, 2.05) is 30.3 Å². The first-order valence-electron chi connectivity index (χ1n) is 7.17. The van der Waals surface area contributed by atoms with Crippen LogP contribution in [0.3, 0.4) is 0 Å². The van der Waals surface area contributed by atoms with Gasteiger partial charge in [0.25, 0.3) is 10.0 Å². The maximum absolute atomic E-state index is 12.5. The molecule has 0 bridgehead atoms. The van der Waals surface area contributed by atoms with Crippen LogP contribution >= 0.6 is 11.5 Å². The minimum Gasteiger partial charge on any atom is -0.493 e. The molecule has 0 saturated heterocycles. The molecule has 1 aromatic heterocycles. The fourth-order valence-electron chi connectivity index (χ4n) is 2.13. The first kappa shape index (κ1) is 17.2. The summed E-state index contributed by atoms with van der Waals surface area (Å²) >= 11 is 1.12. The molecule has 9 heteroatoms. The number of methoxy groups -OCH3 is 2. The lowest BCUT2D eigenvalue weighted by Crippen LogP contribution is -2.14. The van der Waals surface area contributed by atoms with E-state index < -0.39 is 10.0 Å². The molecule has 1 heterocycles. The summed E-state index contributed by atoms with van der Waals surface area (Å²) in [5, 5.41) is 0.630. The van der Waals surface area contributed by atoms with Gasteiger partial charge >= 0.3 is 0 Å². The Balaban J connectivity index is 1.86. The number of hydrogen-bond donors (Lipinski definition) is 1. The molecule has 2 aromatic carbocycles. The van der Waals surface area contributed by atoms with Crippen LogP contribution in [0.5, 0.6) is 11.5 Å². The number of rotatable bonds is 6. The van der Waals surface area contributed by atoms with Crippen molar-refractivity contribution in [3.63, 3.8) is 0 Å². The van der Waals surface area contributed by atoms with Crippen molar-refractivity contribution in [1.82, 2.24) is 9.36 Å². The van der Waals surface area contributed by atoms with Crippen LogP contribution in [0.15, 0.2) is 53.4 Å². The predicted octanol–water partition coefficient (Wildman–Crippen LogP) is 3.02. The monoisotopic (exact) mass is 377 g/mol. The number of sulfonamides is 1. The molecule has 0 aliphatic carbocycles. The molecular formula is C16H15N3O4S2. The minimum atomic E-state index is -3.84. The molecule has 0 saturated carbocycles. The fourth-order valence-corrected chi connectivity index (χ4v) is 3.77. The summed E-state index contributed by atoms with van der Waals surface area (Å²) in [6.07, 6.45) is 0. The molecule has 0 radical (unpaired) electrons. The standard InChI is InChI=1S/C16H15N3O4S2/c1-22-13-9-8-12(10-14(13)23-2)25(20,21)19-16-17-15(24-18-16)11-6-4-3-5-7-11/h3-10H,1-2H3,(H,18,19). The Morgan fingerprint density at radius 1 is 1.00 bits per heavy atom. The topological polar surface area (TPSA) is 90.4 Å². The van der Waals surface area contributed by atoms with Gasteiger partial charge in [-0.05, 0) is 23.7 Å². The molecule has 25 heavy (non-hydrogen) atoms. The number of nitrogens with zero attached hydrogens (tertiary/aromatic N) is 2. The summed E-state index contributed by atoms with van der Waals surface area (Å²) < 4.78 is 41.8. The quantitative estimate of drug-likeness (QED) is 0.710. The van der Waals surface area contributed by atoms with Gasteiger partial charge in [-0.3, -0.25) is 0 Å². The lowest BCUT2D eigenvalue weighted by molar-refractivity contribution is 0.354. The molecule has 3 aromatic rings. The largest absolute Gasteiger partial charge is 0.493 e. The number of anilines is 1. The van der Waals surface area contributed by atoms with E-state index >= 15 is 0 Å². The summed E-state index contributed by atoms with van der Waals surface area (Å²) in [4.78, 5) is 4.26. The summed E-state index contributed by atoms with van der Waals surface area (Å²) in [5.41, 5.74) is 0.872. The van der Waals surface area contributed by atoms with E-state index in [4.69, 9.17) is 9.47 Å². The summed E-state index contributed by atoms with van der Waals surface area (Å²) in [6.45, 7) is 0. The molecule has 0 unspecified atom stereocenters. The van der Waals surface area contributed by atoms with Crippen LogP contribution in [0.2, 0.25) is 0 Å². The Kier molecular flexibility index (Phi) is 4.86. The molecule has 0 atom stereocenters. The van der Waals surface area contributed by atoms with Gasteiger partial charge in [0.2, 0.25) is 5.95 Å². The third kappa shape index (κ3) is 3.72. The zero-order chi connectivity index (χ0) is 17.9. The van der Waals surface area contributed by atoms with E-state index in [0.717, 1.165) is 17.1 Å². The lowest BCUT2D eigenvalue weighted by atomic mass is 10.2. The van der Waals surface area contributed by atoms with Crippen molar-refractivity contribution in [1.29, 1.82) is 0 Å². The van der Waals surface area contributed by atoms with E-state index in [9.17, 15) is 8.42 Å². The van der Waals surface area contributed by atoms with Crippen LogP contribution in [-0.2, 0) is 10.0 Å². The Labute approximate surface area is 149 Å². The van der Waals surface area contributed by atoms with Crippen molar-refractivity contribution in [3.05, 3.63) is 48.5 Å². The average Bonchev–Trinajstić information content (AvgIpc) is 3.09. The molecule has 0 aliphatic heterocycles. The third-order valence-electron chi connectivity index (χ3n) is 3.34. The SMILES string of the molecule is COc1ccc(S(=O)(=O)Nc2nsc(-c3ccccc3)n2)cc1OC. The van der Waals surface area contributed by atoms with Crippen LogP contribution in [0.4, 0.5) is 5.95 Å². The number of benzene rings is 2. The second kappa shape index (κ2) is 7.08. The Hall–Kier alpha value is -2.65. The van der Waals surface area contributed by atoms with E-state index in [1.165, 1.54) is 32.4 Å². The van der Waals surface area contributed by atoms with Gasteiger partial charge in [-0.25, -0.2) is 13.1 Å². The Morgan fingerprint density at radius 2 is 1.72 bits per heavy atom. The number of aromatic nitrogens is 2. The molecular weight excluding hydrogens is 362 g/mol. The number of nitrogens with one attached hydrogen (secondary N) is 1. The maximum Gasteiger partial charge on any atom is 0.264 e. The summed E-state index contributed by atoms with van der Waals surface area (Å²) in [6, 6.07) is 13.7. The van der Waals surface area contributed by atoms with Crippen molar-refractivity contribution in [2.75, 3.05) is 18.9 Å². The first-order chi connectivity index (χ1) is 12.0. The zero-order valence-electron chi connectivity index (χ0n) is 13.5. The molecule has 130 valence electrons. The normalized spacial score (nSPS) is 11.1. The molecule has 0 spiro atoms. The van der Waals surface area contributed by atoms with Gasteiger partial charge < -0.3 is 9.47 Å². The second-order valence-corrected chi connectivity index (χ2v) is 7.35. The molecule has 0 fully saturated rings. The van der Waals surface area contributed by atoms with Gasteiger partial charge in [-0.15, -0.1) is 0 Å². The van der Waals surface area contributed by atoms with Crippen molar-refractivity contribution < 1.29 is 17.9 Å². The van der Waals surface area contributed by atoms with Crippen molar-refractivity contribution >= 4 is 27.5 Å². The Morgan fingerprint density at radius 3 is 2.40 bits per heavy atom. The van der Waals surface area contributed by atoms with E-state index in [2.05, 4.69) is 14.1 Å². The smallest absolute Gasteiger partial charge is 0.264 e.